The molecule has 0 aliphatic carbocycles. The zero-order valence-electron chi connectivity index (χ0n) is 9.40. The molecule has 1 aromatic rings. The van der Waals surface area contributed by atoms with Crippen molar-refractivity contribution in [2.45, 2.75) is 6.54 Å². The van der Waals surface area contributed by atoms with Crippen LogP contribution in [-0.2, 0) is 6.54 Å². The molecule has 16 heavy (non-hydrogen) atoms. The minimum atomic E-state index is 0.155. The molecule has 0 saturated carbocycles. The topological polar surface area (TPSA) is 23.5 Å². The zero-order chi connectivity index (χ0) is 11.8. The Morgan fingerprint density at radius 1 is 1.31 bits per heavy atom. The standard InChI is InChI=1S/C13H18ClNO/c1-12(9-14)10-15(7-8-16)11-13-5-3-2-4-6-13/h2-6,16H,1,7-11H2. The Balaban J connectivity index is 2.54. The number of hydrogen-bond donors (Lipinski definition) is 1. The van der Waals surface area contributed by atoms with E-state index in [9.17, 15) is 0 Å². The molecule has 0 spiro atoms. The molecule has 0 aliphatic heterocycles. The summed E-state index contributed by atoms with van der Waals surface area (Å²) < 4.78 is 0. The SMILES string of the molecule is C=C(CCl)CN(CCO)Cc1ccccc1. The van der Waals surface area contributed by atoms with Crippen molar-refractivity contribution < 1.29 is 5.11 Å². The van der Waals surface area contributed by atoms with Crippen molar-refractivity contribution in [1.29, 1.82) is 0 Å². The van der Waals surface area contributed by atoms with Gasteiger partial charge in [0.15, 0.2) is 0 Å². The molecule has 0 saturated heterocycles. The molecule has 0 aliphatic rings. The number of benzene rings is 1. The quantitative estimate of drug-likeness (QED) is 0.583. The minimum absolute atomic E-state index is 0.155. The van der Waals surface area contributed by atoms with Crippen LogP contribution in [0.25, 0.3) is 0 Å². The highest BCUT2D eigenvalue weighted by atomic mass is 35.5. The molecule has 3 heteroatoms. The molecule has 1 aromatic carbocycles. The monoisotopic (exact) mass is 239 g/mol. The molecule has 0 heterocycles. The van der Waals surface area contributed by atoms with E-state index in [0.717, 1.165) is 18.7 Å². The van der Waals surface area contributed by atoms with E-state index in [0.29, 0.717) is 12.4 Å². The Bertz CT molecular complexity index is 313. The fourth-order valence-corrected chi connectivity index (χ4v) is 1.64. The molecule has 1 rings (SSSR count). The van der Waals surface area contributed by atoms with Crippen LogP contribution in [0.2, 0.25) is 0 Å². The van der Waals surface area contributed by atoms with Crippen LogP contribution in [0.3, 0.4) is 0 Å². The lowest BCUT2D eigenvalue weighted by Gasteiger charge is -2.21. The van der Waals surface area contributed by atoms with Gasteiger partial charge in [0, 0.05) is 25.5 Å². The van der Waals surface area contributed by atoms with Gasteiger partial charge in [0.05, 0.1) is 6.61 Å². The van der Waals surface area contributed by atoms with E-state index in [4.69, 9.17) is 16.7 Å². The van der Waals surface area contributed by atoms with Gasteiger partial charge in [-0.25, -0.2) is 0 Å². The van der Waals surface area contributed by atoms with Gasteiger partial charge >= 0.3 is 0 Å². The van der Waals surface area contributed by atoms with E-state index in [1.54, 1.807) is 0 Å². The molecule has 0 atom stereocenters. The van der Waals surface area contributed by atoms with Crippen LogP contribution < -0.4 is 0 Å². The Labute approximate surface area is 102 Å². The second-order valence-electron chi connectivity index (χ2n) is 3.80. The van der Waals surface area contributed by atoms with Crippen LogP contribution in [0.15, 0.2) is 42.5 Å². The van der Waals surface area contributed by atoms with Gasteiger partial charge in [0.2, 0.25) is 0 Å². The van der Waals surface area contributed by atoms with Gasteiger partial charge in [0.25, 0.3) is 0 Å². The Kier molecular flexibility index (Phi) is 6.16. The van der Waals surface area contributed by atoms with E-state index in [1.165, 1.54) is 5.56 Å². The van der Waals surface area contributed by atoms with E-state index >= 15 is 0 Å². The summed E-state index contributed by atoms with van der Waals surface area (Å²) in [6.45, 7) is 6.23. The highest BCUT2D eigenvalue weighted by molar-refractivity contribution is 6.19. The summed E-state index contributed by atoms with van der Waals surface area (Å²) in [7, 11) is 0. The predicted octanol–water partition coefficient (Wildman–Crippen LogP) is 2.28. The average molecular weight is 240 g/mol. The molecule has 0 aromatic heterocycles. The lowest BCUT2D eigenvalue weighted by Crippen LogP contribution is -2.28. The van der Waals surface area contributed by atoms with Crippen molar-refractivity contribution in [3.63, 3.8) is 0 Å². The van der Waals surface area contributed by atoms with Crippen molar-refractivity contribution in [3.8, 4) is 0 Å². The first-order valence-electron chi connectivity index (χ1n) is 5.36. The molecule has 2 nitrogen and oxygen atoms in total. The maximum absolute atomic E-state index is 9.00. The van der Waals surface area contributed by atoms with Crippen LogP contribution in [0, 0.1) is 0 Å². The minimum Gasteiger partial charge on any atom is -0.395 e. The van der Waals surface area contributed by atoms with Crippen LogP contribution >= 0.6 is 11.6 Å². The largest absolute Gasteiger partial charge is 0.395 e. The van der Waals surface area contributed by atoms with Crippen molar-refractivity contribution in [3.05, 3.63) is 48.0 Å². The van der Waals surface area contributed by atoms with Gasteiger partial charge in [-0.1, -0.05) is 36.9 Å². The Morgan fingerprint density at radius 2 is 2.00 bits per heavy atom. The molecule has 88 valence electrons. The normalized spacial score (nSPS) is 10.7. The highest BCUT2D eigenvalue weighted by Crippen LogP contribution is 2.06. The van der Waals surface area contributed by atoms with Crippen molar-refractivity contribution >= 4 is 11.6 Å². The van der Waals surface area contributed by atoms with E-state index in [-0.39, 0.29) is 6.61 Å². The number of rotatable bonds is 7. The third-order valence-electron chi connectivity index (χ3n) is 2.30. The molecule has 0 fully saturated rings. The zero-order valence-corrected chi connectivity index (χ0v) is 10.2. The first kappa shape index (κ1) is 13.2. The maximum atomic E-state index is 9.00. The summed E-state index contributed by atoms with van der Waals surface area (Å²) in [5.41, 5.74) is 2.21. The number of aliphatic hydroxyl groups excluding tert-OH is 1. The second kappa shape index (κ2) is 7.44. The van der Waals surface area contributed by atoms with Crippen molar-refractivity contribution in [2.75, 3.05) is 25.6 Å². The molecule has 0 radical (unpaired) electrons. The average Bonchev–Trinajstić information content (AvgIpc) is 2.30. The van der Waals surface area contributed by atoms with Gasteiger partial charge < -0.3 is 5.11 Å². The van der Waals surface area contributed by atoms with Gasteiger partial charge in [-0.15, -0.1) is 11.6 Å². The smallest absolute Gasteiger partial charge is 0.0558 e. The summed E-state index contributed by atoms with van der Waals surface area (Å²) in [6.07, 6.45) is 0. The lowest BCUT2D eigenvalue weighted by atomic mass is 10.2. The van der Waals surface area contributed by atoms with Crippen molar-refractivity contribution in [1.82, 2.24) is 4.90 Å². The summed E-state index contributed by atoms with van der Waals surface area (Å²) in [5, 5.41) is 9.00. The summed E-state index contributed by atoms with van der Waals surface area (Å²) in [4.78, 5) is 2.14. The van der Waals surface area contributed by atoms with Crippen molar-refractivity contribution in [2.24, 2.45) is 0 Å². The number of halogens is 1. The van der Waals surface area contributed by atoms with Crippen LogP contribution in [0.1, 0.15) is 5.56 Å². The van der Waals surface area contributed by atoms with Crippen LogP contribution in [-0.4, -0.2) is 35.6 Å². The second-order valence-corrected chi connectivity index (χ2v) is 4.07. The highest BCUT2D eigenvalue weighted by Gasteiger charge is 2.06. The molecule has 0 amide bonds. The first-order chi connectivity index (χ1) is 7.76. The summed E-state index contributed by atoms with van der Waals surface area (Å²) in [6, 6.07) is 10.2. The Morgan fingerprint density at radius 3 is 2.56 bits per heavy atom. The Hall–Kier alpha value is -0.830. The fraction of sp³-hybridized carbons (Fsp3) is 0.385. The van der Waals surface area contributed by atoms with Gasteiger partial charge in [0.1, 0.15) is 0 Å². The maximum Gasteiger partial charge on any atom is 0.0558 e. The predicted molar refractivity (Wildman–Crippen MR) is 68.7 cm³/mol. The van der Waals surface area contributed by atoms with E-state index in [2.05, 4.69) is 23.6 Å². The molecule has 1 N–H and O–H groups in total. The third-order valence-corrected chi connectivity index (χ3v) is 2.68. The van der Waals surface area contributed by atoms with E-state index < -0.39 is 0 Å². The van der Waals surface area contributed by atoms with Gasteiger partial charge in [-0.2, -0.15) is 0 Å². The van der Waals surface area contributed by atoms with E-state index in [1.807, 2.05) is 18.2 Å². The van der Waals surface area contributed by atoms with Gasteiger partial charge in [-0.3, -0.25) is 4.90 Å². The molecular formula is C13H18ClNO. The van der Waals surface area contributed by atoms with Crippen LogP contribution in [0.5, 0.6) is 0 Å². The number of alkyl halides is 1. The summed E-state index contributed by atoms with van der Waals surface area (Å²) >= 11 is 5.71. The molecule has 0 unspecified atom stereocenters. The number of hydrogen-bond acceptors (Lipinski definition) is 2. The summed E-state index contributed by atoms with van der Waals surface area (Å²) in [5.74, 6) is 0.469. The number of nitrogens with zero attached hydrogens (tertiary/aromatic N) is 1. The first-order valence-corrected chi connectivity index (χ1v) is 5.89. The molecular weight excluding hydrogens is 222 g/mol. The van der Waals surface area contributed by atoms with Crippen LogP contribution in [0.4, 0.5) is 0 Å². The van der Waals surface area contributed by atoms with Gasteiger partial charge in [-0.05, 0) is 11.1 Å². The third kappa shape index (κ3) is 4.79. The number of aliphatic hydroxyl groups is 1. The molecule has 0 bridgehead atoms. The fourth-order valence-electron chi connectivity index (χ4n) is 1.56. The lowest BCUT2D eigenvalue weighted by molar-refractivity contribution is 0.201.